The molecule has 2 aromatic carbocycles. The second-order valence-corrected chi connectivity index (χ2v) is 6.19. The third kappa shape index (κ3) is 3.85. The smallest absolute Gasteiger partial charge is 0.203 e. The van der Waals surface area contributed by atoms with Crippen LogP contribution in [0.2, 0.25) is 0 Å². The highest BCUT2D eigenvalue weighted by atomic mass is 16.5. The van der Waals surface area contributed by atoms with Crippen LogP contribution in [0.3, 0.4) is 0 Å². The van der Waals surface area contributed by atoms with E-state index in [1.54, 1.807) is 0 Å². The van der Waals surface area contributed by atoms with Crippen molar-refractivity contribution in [2.45, 2.75) is 25.3 Å². The van der Waals surface area contributed by atoms with E-state index >= 15 is 0 Å². The van der Waals surface area contributed by atoms with Crippen molar-refractivity contribution in [3.05, 3.63) is 53.1 Å². The lowest BCUT2D eigenvalue weighted by atomic mass is 9.80. The Bertz CT molecular complexity index is 785. The van der Waals surface area contributed by atoms with E-state index in [0.29, 0.717) is 23.5 Å². The van der Waals surface area contributed by atoms with Gasteiger partial charge in [-0.1, -0.05) is 37.3 Å². The van der Waals surface area contributed by atoms with Gasteiger partial charge in [0, 0.05) is 16.7 Å². The number of aromatic carboxylic acids is 1. The highest BCUT2D eigenvalue weighted by Gasteiger charge is 2.33. The maximum Gasteiger partial charge on any atom is 0.203 e. The van der Waals surface area contributed by atoms with Gasteiger partial charge in [-0.3, -0.25) is 0 Å². The van der Waals surface area contributed by atoms with Gasteiger partial charge in [-0.15, -0.1) is 0 Å². The second kappa shape index (κ2) is 8.77. The Morgan fingerprint density at radius 3 is 2.15 bits per heavy atom. The molecule has 0 spiro atoms. The van der Waals surface area contributed by atoms with Crippen LogP contribution >= 0.6 is 0 Å². The Hall–Kier alpha value is -2.73. The number of carboxylic acid groups (broad SMARTS) is 1. The Balaban J connectivity index is 2.73. The monoisotopic (exact) mass is 372 g/mol. The van der Waals surface area contributed by atoms with Crippen LogP contribution in [-0.4, -0.2) is 34.3 Å². The number of benzene rings is 2. The molecular weight excluding hydrogens is 346 g/mol. The summed E-state index contributed by atoms with van der Waals surface area (Å²) < 4.78 is 16.3. The normalized spacial score (nSPS) is 12.9. The molecule has 0 heterocycles. The summed E-state index contributed by atoms with van der Waals surface area (Å²) in [6.07, 6.45) is 1.11. The number of ether oxygens (including phenoxy) is 3. The molecule has 0 aliphatic rings. The van der Waals surface area contributed by atoms with E-state index in [1.165, 1.54) is 27.4 Å². The lowest BCUT2D eigenvalue weighted by Gasteiger charge is -2.35. The highest BCUT2D eigenvalue weighted by Crippen LogP contribution is 2.44. The first kappa shape index (κ1) is 20.6. The van der Waals surface area contributed by atoms with Gasteiger partial charge in [0.15, 0.2) is 11.5 Å². The number of methoxy groups -OCH3 is 3. The van der Waals surface area contributed by atoms with E-state index in [0.717, 1.165) is 12.0 Å². The van der Waals surface area contributed by atoms with Crippen molar-refractivity contribution in [1.29, 1.82) is 0 Å². The molecule has 0 bridgehead atoms. The molecule has 0 aliphatic carbocycles. The van der Waals surface area contributed by atoms with Crippen LogP contribution in [-0.2, 0) is 12.0 Å². The van der Waals surface area contributed by atoms with Crippen LogP contribution in [0.15, 0.2) is 36.4 Å². The van der Waals surface area contributed by atoms with Crippen molar-refractivity contribution in [3.63, 3.8) is 0 Å². The maximum absolute atomic E-state index is 11.9. The summed E-state index contributed by atoms with van der Waals surface area (Å²) in [6, 6.07) is 11.3. The molecule has 0 amide bonds. The van der Waals surface area contributed by atoms with Gasteiger partial charge in [0.05, 0.1) is 27.3 Å². The molecule has 2 rings (SSSR count). The first-order valence-electron chi connectivity index (χ1n) is 8.75. The molecule has 1 unspecified atom stereocenters. The molecule has 0 radical (unpaired) electrons. The highest BCUT2D eigenvalue weighted by molar-refractivity contribution is 5.90. The molecule has 0 fully saturated rings. The molecule has 0 saturated carbocycles. The lowest BCUT2D eigenvalue weighted by molar-refractivity contribution is -0.255. The average molecular weight is 372 g/mol. The fourth-order valence-electron chi connectivity index (χ4n) is 3.47. The molecule has 6 heteroatoms. The van der Waals surface area contributed by atoms with Gasteiger partial charge in [0.1, 0.15) is 0 Å². The minimum atomic E-state index is -1.29. The predicted octanol–water partition coefficient (Wildman–Crippen LogP) is 2.14. The number of rotatable bonds is 9. The zero-order valence-corrected chi connectivity index (χ0v) is 16.4. The summed E-state index contributed by atoms with van der Waals surface area (Å²) in [7, 11) is 6.28. The van der Waals surface area contributed by atoms with Crippen LogP contribution in [0.5, 0.6) is 17.2 Å². The first-order valence-corrected chi connectivity index (χ1v) is 8.75. The van der Waals surface area contributed by atoms with E-state index in [1.807, 2.05) is 37.4 Å². The number of likely N-dealkylation sites (N-methyl/N-ethyl adjacent to an activating group) is 1. The number of nitrogens with one attached hydrogen (secondary N) is 1. The largest absolute Gasteiger partial charge is 0.545 e. The third-order valence-corrected chi connectivity index (χ3v) is 5.04. The van der Waals surface area contributed by atoms with E-state index in [2.05, 4.69) is 12.2 Å². The van der Waals surface area contributed by atoms with Crippen LogP contribution in [0.4, 0.5) is 0 Å². The quantitative estimate of drug-likeness (QED) is 0.726. The van der Waals surface area contributed by atoms with Crippen LogP contribution < -0.4 is 24.6 Å². The number of hydrogen-bond donors (Lipinski definition) is 1. The van der Waals surface area contributed by atoms with Gasteiger partial charge < -0.3 is 29.4 Å². The molecule has 6 nitrogen and oxygen atoms in total. The Morgan fingerprint density at radius 1 is 1.07 bits per heavy atom. The third-order valence-electron chi connectivity index (χ3n) is 5.04. The van der Waals surface area contributed by atoms with Gasteiger partial charge >= 0.3 is 0 Å². The lowest BCUT2D eigenvalue weighted by Crippen LogP contribution is -2.42. The molecule has 0 aromatic heterocycles. The molecule has 0 aliphatic heterocycles. The van der Waals surface area contributed by atoms with Crippen LogP contribution in [0, 0.1) is 0 Å². The minimum absolute atomic E-state index is 0.0218. The van der Waals surface area contributed by atoms with Crippen molar-refractivity contribution in [1.82, 2.24) is 5.32 Å². The maximum atomic E-state index is 11.9. The fourth-order valence-corrected chi connectivity index (χ4v) is 3.47. The van der Waals surface area contributed by atoms with Crippen molar-refractivity contribution < 1.29 is 24.1 Å². The van der Waals surface area contributed by atoms with E-state index in [-0.39, 0.29) is 11.3 Å². The Labute approximate surface area is 160 Å². The zero-order chi connectivity index (χ0) is 20.0. The summed E-state index contributed by atoms with van der Waals surface area (Å²) >= 11 is 0. The average Bonchev–Trinajstić information content (AvgIpc) is 2.71. The number of carboxylic acids is 1. The number of carbonyl (C=O) groups excluding carboxylic acids is 1. The van der Waals surface area contributed by atoms with Gasteiger partial charge in [-0.25, -0.2) is 0 Å². The fraction of sp³-hybridized carbons (Fsp3) is 0.381. The first-order chi connectivity index (χ1) is 13.0. The van der Waals surface area contributed by atoms with Crippen molar-refractivity contribution in [3.8, 4) is 17.2 Å². The topological polar surface area (TPSA) is 79.9 Å². The molecular formula is C21H26NO5-. The predicted molar refractivity (Wildman–Crippen MR) is 102 cm³/mol. The van der Waals surface area contributed by atoms with Gasteiger partial charge in [-0.05, 0) is 31.5 Å². The zero-order valence-electron chi connectivity index (χ0n) is 16.4. The molecule has 1 N–H and O–H groups in total. The standard InChI is InChI=1S/C21H27NO5/c1-6-21(22-2,14-10-8-7-9-11-14)13-16-15(20(23)24)12-17(25-3)19(27-5)18(16)26-4/h7-12,22H,6,13H2,1-5H3,(H,23,24)/p-1. The second-order valence-electron chi connectivity index (χ2n) is 6.19. The Morgan fingerprint density at radius 2 is 1.70 bits per heavy atom. The van der Waals surface area contributed by atoms with Crippen molar-refractivity contribution in [2.24, 2.45) is 0 Å². The summed E-state index contributed by atoms with van der Waals surface area (Å²) in [5.74, 6) is -0.323. The molecule has 2 aromatic rings. The van der Waals surface area contributed by atoms with Gasteiger partial charge in [0.2, 0.25) is 5.75 Å². The van der Waals surface area contributed by atoms with Gasteiger partial charge in [0.25, 0.3) is 0 Å². The molecule has 1 atom stereocenters. The Kier molecular flexibility index (Phi) is 6.69. The number of carbonyl (C=O) groups is 1. The minimum Gasteiger partial charge on any atom is -0.545 e. The number of hydrogen-bond acceptors (Lipinski definition) is 6. The SMILES string of the molecule is CCC(Cc1c(C(=O)[O-])cc(OC)c(OC)c1OC)(NC)c1ccccc1. The summed E-state index contributed by atoms with van der Waals surface area (Å²) in [5, 5.41) is 15.2. The van der Waals surface area contributed by atoms with E-state index in [9.17, 15) is 9.90 Å². The summed E-state index contributed by atoms with van der Waals surface area (Å²) in [6.45, 7) is 2.05. The van der Waals surface area contributed by atoms with Crippen molar-refractivity contribution >= 4 is 5.97 Å². The molecule has 146 valence electrons. The van der Waals surface area contributed by atoms with E-state index in [4.69, 9.17) is 14.2 Å². The summed E-state index contributed by atoms with van der Waals surface area (Å²) in [4.78, 5) is 11.9. The van der Waals surface area contributed by atoms with E-state index < -0.39 is 11.5 Å². The van der Waals surface area contributed by atoms with Crippen LogP contribution in [0.1, 0.15) is 34.8 Å². The van der Waals surface area contributed by atoms with Crippen molar-refractivity contribution in [2.75, 3.05) is 28.4 Å². The molecule has 0 saturated heterocycles. The van der Waals surface area contributed by atoms with Crippen LogP contribution in [0.25, 0.3) is 0 Å². The summed E-state index contributed by atoms with van der Waals surface area (Å²) in [5.41, 5.74) is 1.08. The molecule has 27 heavy (non-hydrogen) atoms. The van der Waals surface area contributed by atoms with Gasteiger partial charge in [-0.2, -0.15) is 0 Å².